The molecule has 1 amide bonds. The average molecular weight is 225 g/mol. The van der Waals surface area contributed by atoms with Crippen LogP contribution in [0.15, 0.2) is 12.2 Å². The van der Waals surface area contributed by atoms with Crippen molar-refractivity contribution in [3.8, 4) is 0 Å². The Morgan fingerprint density at radius 2 is 1.88 bits per heavy atom. The van der Waals surface area contributed by atoms with Gasteiger partial charge in [-0.2, -0.15) is 0 Å². The second kappa shape index (κ2) is 4.28. The molecule has 1 aliphatic carbocycles. The summed E-state index contributed by atoms with van der Waals surface area (Å²) in [4.78, 5) is 24.0. The van der Waals surface area contributed by atoms with Gasteiger partial charge < -0.3 is 5.11 Å². The molecule has 0 atom stereocenters. The maximum atomic E-state index is 11.8. The number of hydrogen-bond acceptors (Lipinski definition) is 2. The molecule has 0 radical (unpaired) electrons. The standard InChI is InChI=1S/C12H19NO3/c1-8(9-5-6-9)10(14)7-13(11(15)16)12(2,3)4/h9H,1,5-7H2,2-4H3,(H,15,16). The second-order valence-corrected chi connectivity index (χ2v) is 5.26. The molecular weight excluding hydrogens is 206 g/mol. The molecule has 0 aromatic heterocycles. The van der Waals surface area contributed by atoms with Crippen LogP contribution in [0.5, 0.6) is 0 Å². The van der Waals surface area contributed by atoms with Crippen molar-refractivity contribution in [2.45, 2.75) is 39.2 Å². The van der Waals surface area contributed by atoms with Gasteiger partial charge in [-0.05, 0) is 45.1 Å². The Balaban J connectivity index is 2.65. The van der Waals surface area contributed by atoms with Gasteiger partial charge in [0.05, 0.1) is 6.54 Å². The van der Waals surface area contributed by atoms with Crippen LogP contribution in [0.25, 0.3) is 0 Å². The van der Waals surface area contributed by atoms with Crippen LogP contribution in [0.1, 0.15) is 33.6 Å². The van der Waals surface area contributed by atoms with Crippen LogP contribution >= 0.6 is 0 Å². The van der Waals surface area contributed by atoms with E-state index < -0.39 is 11.6 Å². The molecule has 0 aromatic carbocycles. The van der Waals surface area contributed by atoms with Crippen molar-refractivity contribution in [1.29, 1.82) is 0 Å². The van der Waals surface area contributed by atoms with Crippen LogP contribution in [0.4, 0.5) is 4.79 Å². The van der Waals surface area contributed by atoms with Crippen LogP contribution in [0.2, 0.25) is 0 Å². The van der Waals surface area contributed by atoms with Gasteiger partial charge in [0.1, 0.15) is 0 Å². The Kier molecular flexibility index (Phi) is 3.41. The molecule has 0 saturated heterocycles. The van der Waals surface area contributed by atoms with E-state index in [-0.39, 0.29) is 12.3 Å². The fourth-order valence-corrected chi connectivity index (χ4v) is 1.50. The summed E-state index contributed by atoms with van der Waals surface area (Å²) in [7, 11) is 0. The highest BCUT2D eigenvalue weighted by Gasteiger charge is 2.33. The number of Topliss-reactive ketones (excluding diaryl/α,β-unsaturated/α-hetero) is 1. The van der Waals surface area contributed by atoms with Crippen LogP contribution < -0.4 is 0 Å². The summed E-state index contributed by atoms with van der Waals surface area (Å²) in [5.74, 6) is 0.142. The number of carbonyl (C=O) groups excluding carboxylic acids is 1. The van der Waals surface area contributed by atoms with Gasteiger partial charge in [-0.25, -0.2) is 4.79 Å². The van der Waals surface area contributed by atoms with Crippen molar-refractivity contribution < 1.29 is 14.7 Å². The first kappa shape index (κ1) is 12.7. The van der Waals surface area contributed by atoms with Gasteiger partial charge >= 0.3 is 6.09 Å². The molecule has 0 aliphatic heterocycles. The molecule has 0 aromatic rings. The molecule has 90 valence electrons. The third-order valence-electron chi connectivity index (χ3n) is 2.77. The molecule has 4 nitrogen and oxygen atoms in total. The second-order valence-electron chi connectivity index (χ2n) is 5.26. The van der Waals surface area contributed by atoms with E-state index in [4.69, 9.17) is 5.11 Å². The summed E-state index contributed by atoms with van der Waals surface area (Å²) in [6.45, 7) is 8.97. The Bertz CT molecular complexity index is 324. The molecule has 0 unspecified atom stereocenters. The summed E-state index contributed by atoms with van der Waals surface area (Å²) in [5, 5.41) is 9.04. The summed E-state index contributed by atoms with van der Waals surface area (Å²) >= 11 is 0. The quantitative estimate of drug-likeness (QED) is 0.747. The Morgan fingerprint density at radius 3 is 2.19 bits per heavy atom. The summed E-state index contributed by atoms with van der Waals surface area (Å²) < 4.78 is 0. The van der Waals surface area contributed by atoms with Gasteiger partial charge in [0.15, 0.2) is 5.78 Å². The molecule has 1 N–H and O–H groups in total. The molecule has 0 spiro atoms. The SMILES string of the molecule is C=C(C(=O)CN(C(=O)O)C(C)(C)C)C1CC1. The van der Waals surface area contributed by atoms with E-state index in [1.165, 1.54) is 0 Å². The summed E-state index contributed by atoms with van der Waals surface area (Å²) in [6.07, 6.45) is 0.949. The lowest BCUT2D eigenvalue weighted by Crippen LogP contribution is -2.47. The number of amides is 1. The van der Waals surface area contributed by atoms with Gasteiger partial charge in [0.25, 0.3) is 0 Å². The van der Waals surface area contributed by atoms with Crippen molar-refractivity contribution in [2.24, 2.45) is 5.92 Å². The lowest BCUT2D eigenvalue weighted by atomic mass is 10.0. The summed E-state index contributed by atoms with van der Waals surface area (Å²) in [6, 6.07) is 0. The van der Waals surface area contributed by atoms with Crippen molar-refractivity contribution in [3.63, 3.8) is 0 Å². The van der Waals surface area contributed by atoms with Crippen molar-refractivity contribution >= 4 is 11.9 Å². The Morgan fingerprint density at radius 1 is 1.38 bits per heavy atom. The number of ketones is 1. The number of carboxylic acid groups (broad SMARTS) is 1. The topological polar surface area (TPSA) is 57.6 Å². The monoisotopic (exact) mass is 225 g/mol. The van der Waals surface area contributed by atoms with E-state index in [1.54, 1.807) is 20.8 Å². The lowest BCUT2D eigenvalue weighted by Gasteiger charge is -2.32. The van der Waals surface area contributed by atoms with Crippen LogP contribution in [-0.2, 0) is 4.79 Å². The maximum Gasteiger partial charge on any atom is 0.408 e. The molecule has 0 bridgehead atoms. The van der Waals surface area contributed by atoms with E-state index in [9.17, 15) is 9.59 Å². The number of nitrogens with zero attached hydrogens (tertiary/aromatic N) is 1. The molecule has 1 saturated carbocycles. The normalized spacial score (nSPS) is 15.7. The van der Waals surface area contributed by atoms with Gasteiger partial charge in [0, 0.05) is 5.54 Å². The Hall–Kier alpha value is -1.32. The third-order valence-corrected chi connectivity index (χ3v) is 2.77. The van der Waals surface area contributed by atoms with Crippen molar-refractivity contribution in [1.82, 2.24) is 4.90 Å². The molecule has 16 heavy (non-hydrogen) atoms. The van der Waals surface area contributed by atoms with E-state index in [1.807, 2.05) is 0 Å². The lowest BCUT2D eigenvalue weighted by molar-refractivity contribution is -0.117. The first-order chi connectivity index (χ1) is 7.23. The zero-order valence-electron chi connectivity index (χ0n) is 10.1. The maximum absolute atomic E-state index is 11.8. The smallest absolute Gasteiger partial charge is 0.408 e. The van der Waals surface area contributed by atoms with E-state index in [0.717, 1.165) is 17.7 Å². The van der Waals surface area contributed by atoms with Gasteiger partial charge in [-0.15, -0.1) is 0 Å². The minimum atomic E-state index is -1.07. The van der Waals surface area contributed by atoms with Crippen molar-refractivity contribution in [3.05, 3.63) is 12.2 Å². The minimum absolute atomic E-state index is 0.0891. The molecule has 4 heteroatoms. The number of rotatable bonds is 4. The fourth-order valence-electron chi connectivity index (χ4n) is 1.50. The molecule has 1 rings (SSSR count). The van der Waals surface area contributed by atoms with Crippen molar-refractivity contribution in [2.75, 3.05) is 6.54 Å². The van der Waals surface area contributed by atoms with Gasteiger partial charge in [-0.1, -0.05) is 6.58 Å². The fraction of sp³-hybridized carbons (Fsp3) is 0.667. The van der Waals surface area contributed by atoms with Gasteiger partial charge in [-0.3, -0.25) is 9.69 Å². The average Bonchev–Trinajstić information content (AvgIpc) is 2.92. The van der Waals surface area contributed by atoms with Gasteiger partial charge in [0.2, 0.25) is 0 Å². The highest BCUT2D eigenvalue weighted by atomic mass is 16.4. The number of hydrogen-bond donors (Lipinski definition) is 1. The third kappa shape index (κ3) is 3.08. The first-order valence-electron chi connectivity index (χ1n) is 5.46. The zero-order valence-corrected chi connectivity index (χ0v) is 10.1. The predicted octanol–water partition coefficient (Wildman–Crippen LogP) is 2.30. The summed E-state index contributed by atoms with van der Waals surface area (Å²) in [5.41, 5.74) is 0.0150. The minimum Gasteiger partial charge on any atom is -0.465 e. The number of carbonyl (C=O) groups is 2. The zero-order chi connectivity index (χ0) is 12.5. The van der Waals surface area contributed by atoms with Crippen LogP contribution in [0, 0.1) is 5.92 Å². The molecule has 1 fully saturated rings. The first-order valence-corrected chi connectivity index (χ1v) is 5.46. The molecule has 1 aliphatic rings. The highest BCUT2D eigenvalue weighted by Crippen LogP contribution is 2.36. The highest BCUT2D eigenvalue weighted by molar-refractivity contribution is 5.98. The van der Waals surface area contributed by atoms with Crippen LogP contribution in [-0.4, -0.2) is 34.0 Å². The molecular formula is C12H19NO3. The van der Waals surface area contributed by atoms with E-state index in [2.05, 4.69) is 6.58 Å². The van der Waals surface area contributed by atoms with Crippen LogP contribution in [0.3, 0.4) is 0 Å². The molecule has 0 heterocycles. The van der Waals surface area contributed by atoms with E-state index in [0.29, 0.717) is 11.5 Å². The van der Waals surface area contributed by atoms with E-state index >= 15 is 0 Å². The Labute approximate surface area is 95.9 Å². The predicted molar refractivity (Wildman–Crippen MR) is 61.4 cm³/mol. The largest absolute Gasteiger partial charge is 0.465 e.